The van der Waals surface area contributed by atoms with Gasteiger partial charge in [-0.1, -0.05) is 0 Å². The van der Waals surface area contributed by atoms with E-state index in [0.717, 1.165) is 48.0 Å². The lowest BCUT2D eigenvalue weighted by molar-refractivity contribution is 0.395. The minimum atomic E-state index is 0.194. The molecule has 2 aromatic heterocycles. The summed E-state index contributed by atoms with van der Waals surface area (Å²) >= 11 is 0. The summed E-state index contributed by atoms with van der Waals surface area (Å²) in [6.07, 6.45) is 3.69. The van der Waals surface area contributed by atoms with Crippen LogP contribution >= 0.6 is 0 Å². The number of methoxy groups -OCH3 is 2. The van der Waals surface area contributed by atoms with E-state index in [1.165, 1.54) is 0 Å². The Hall–Kier alpha value is -2.83. The second-order valence-corrected chi connectivity index (χ2v) is 6.19. The molecule has 0 bridgehead atoms. The van der Waals surface area contributed by atoms with Crippen molar-refractivity contribution in [3.8, 4) is 11.5 Å². The molecule has 0 unspecified atom stereocenters. The van der Waals surface area contributed by atoms with Gasteiger partial charge in [-0.3, -0.25) is 0 Å². The van der Waals surface area contributed by atoms with Crippen LogP contribution in [0.15, 0.2) is 30.6 Å². The molecule has 1 atom stereocenters. The van der Waals surface area contributed by atoms with E-state index in [2.05, 4.69) is 32.1 Å². The third-order valence-electron chi connectivity index (χ3n) is 4.70. The summed E-state index contributed by atoms with van der Waals surface area (Å²) in [5, 5.41) is 4.35. The number of rotatable bonds is 4. The first-order valence-corrected chi connectivity index (χ1v) is 8.37. The van der Waals surface area contributed by atoms with Crippen LogP contribution in [0.2, 0.25) is 0 Å². The van der Waals surface area contributed by atoms with Gasteiger partial charge in [-0.15, -0.1) is 0 Å². The maximum absolute atomic E-state index is 5.61. The molecule has 0 spiro atoms. The zero-order chi connectivity index (χ0) is 17.4. The van der Waals surface area contributed by atoms with Crippen LogP contribution in [0.5, 0.6) is 11.5 Å². The van der Waals surface area contributed by atoms with Crippen molar-refractivity contribution in [2.24, 2.45) is 0 Å². The molecule has 7 heteroatoms. The van der Waals surface area contributed by atoms with E-state index in [4.69, 9.17) is 9.47 Å². The third-order valence-corrected chi connectivity index (χ3v) is 4.70. The predicted octanol–water partition coefficient (Wildman–Crippen LogP) is 2.79. The minimum absolute atomic E-state index is 0.194. The second kappa shape index (κ2) is 6.23. The molecule has 0 saturated carbocycles. The molecule has 0 aliphatic carbocycles. The molecule has 1 aliphatic rings. The molecular weight excluding hydrogens is 318 g/mol. The van der Waals surface area contributed by atoms with Gasteiger partial charge in [0.1, 0.15) is 23.6 Å². The highest BCUT2D eigenvalue weighted by atomic mass is 16.5. The van der Waals surface area contributed by atoms with Crippen LogP contribution in [0.4, 0.5) is 5.82 Å². The topological polar surface area (TPSA) is 64.8 Å². The molecule has 130 valence electrons. The van der Waals surface area contributed by atoms with Gasteiger partial charge in [0.05, 0.1) is 20.3 Å². The van der Waals surface area contributed by atoms with Gasteiger partial charge in [0.25, 0.3) is 5.78 Å². The third kappa shape index (κ3) is 2.65. The average Bonchev–Trinajstić information content (AvgIpc) is 3.29. The maximum atomic E-state index is 5.61. The van der Waals surface area contributed by atoms with Crippen molar-refractivity contribution in [3.05, 3.63) is 41.9 Å². The lowest BCUT2D eigenvalue weighted by atomic mass is 10.0. The zero-order valence-electron chi connectivity index (χ0n) is 14.6. The van der Waals surface area contributed by atoms with Crippen molar-refractivity contribution in [2.75, 3.05) is 25.7 Å². The summed E-state index contributed by atoms with van der Waals surface area (Å²) in [6.45, 7) is 2.93. The van der Waals surface area contributed by atoms with Crippen molar-refractivity contribution >= 4 is 11.6 Å². The lowest BCUT2D eigenvalue weighted by Crippen LogP contribution is -2.25. The zero-order valence-corrected chi connectivity index (χ0v) is 14.6. The van der Waals surface area contributed by atoms with Crippen LogP contribution in [0, 0.1) is 6.92 Å². The Morgan fingerprint density at radius 3 is 2.84 bits per heavy atom. The fraction of sp³-hybridized carbons (Fsp3) is 0.389. The molecule has 25 heavy (non-hydrogen) atoms. The Morgan fingerprint density at radius 1 is 1.16 bits per heavy atom. The van der Waals surface area contributed by atoms with Crippen molar-refractivity contribution in [2.45, 2.75) is 25.8 Å². The largest absolute Gasteiger partial charge is 0.497 e. The highest BCUT2D eigenvalue weighted by Gasteiger charge is 2.31. The van der Waals surface area contributed by atoms with Crippen LogP contribution < -0.4 is 14.4 Å². The molecule has 4 rings (SSSR count). The molecule has 1 aromatic carbocycles. The number of hydrogen-bond donors (Lipinski definition) is 0. The van der Waals surface area contributed by atoms with Crippen LogP contribution in [0.25, 0.3) is 5.78 Å². The van der Waals surface area contributed by atoms with E-state index in [9.17, 15) is 0 Å². The molecule has 3 aromatic rings. The fourth-order valence-electron chi connectivity index (χ4n) is 3.58. The maximum Gasteiger partial charge on any atom is 0.254 e. The highest BCUT2D eigenvalue weighted by Crippen LogP contribution is 2.41. The summed E-state index contributed by atoms with van der Waals surface area (Å²) in [5.41, 5.74) is 2.06. The van der Waals surface area contributed by atoms with Gasteiger partial charge in [0, 0.05) is 23.9 Å². The Bertz CT molecular complexity index is 908. The van der Waals surface area contributed by atoms with Crippen LogP contribution in [0.3, 0.4) is 0 Å². The Kier molecular flexibility index (Phi) is 3.91. The summed E-state index contributed by atoms with van der Waals surface area (Å²) in [5.74, 6) is 3.34. The van der Waals surface area contributed by atoms with E-state index in [-0.39, 0.29) is 6.04 Å². The number of benzene rings is 1. The number of nitrogens with zero attached hydrogens (tertiary/aromatic N) is 5. The molecule has 3 heterocycles. The van der Waals surface area contributed by atoms with E-state index >= 15 is 0 Å². The number of fused-ring (bicyclic) bond motifs is 1. The number of aromatic nitrogens is 4. The van der Waals surface area contributed by atoms with Gasteiger partial charge in [-0.25, -0.2) is 4.98 Å². The van der Waals surface area contributed by atoms with Gasteiger partial charge < -0.3 is 14.4 Å². The molecule has 1 aliphatic heterocycles. The number of ether oxygens (including phenoxy) is 2. The van der Waals surface area contributed by atoms with Crippen molar-refractivity contribution in [1.29, 1.82) is 0 Å². The molecule has 0 N–H and O–H groups in total. The van der Waals surface area contributed by atoms with Crippen molar-refractivity contribution in [1.82, 2.24) is 19.6 Å². The van der Waals surface area contributed by atoms with Gasteiger partial charge >= 0.3 is 0 Å². The van der Waals surface area contributed by atoms with E-state index in [1.54, 1.807) is 25.1 Å². The number of anilines is 1. The van der Waals surface area contributed by atoms with Gasteiger partial charge in [0.15, 0.2) is 0 Å². The van der Waals surface area contributed by atoms with Crippen molar-refractivity contribution in [3.63, 3.8) is 0 Å². The molecule has 7 nitrogen and oxygen atoms in total. The second-order valence-electron chi connectivity index (χ2n) is 6.19. The van der Waals surface area contributed by atoms with E-state index in [1.807, 2.05) is 19.1 Å². The van der Waals surface area contributed by atoms with Gasteiger partial charge in [-0.2, -0.15) is 14.6 Å². The Morgan fingerprint density at radius 2 is 2.04 bits per heavy atom. The number of hydrogen-bond acceptors (Lipinski definition) is 6. The van der Waals surface area contributed by atoms with Crippen LogP contribution in [-0.2, 0) is 0 Å². The number of aryl methyl sites for hydroxylation is 1. The summed E-state index contributed by atoms with van der Waals surface area (Å²) in [4.78, 5) is 11.0. The minimum Gasteiger partial charge on any atom is -0.497 e. The van der Waals surface area contributed by atoms with Crippen LogP contribution in [0.1, 0.15) is 30.1 Å². The molecule has 1 fully saturated rings. The molecule has 0 amide bonds. The summed E-state index contributed by atoms with van der Waals surface area (Å²) in [7, 11) is 3.39. The smallest absolute Gasteiger partial charge is 0.254 e. The molecule has 0 radical (unpaired) electrons. The average molecular weight is 339 g/mol. The van der Waals surface area contributed by atoms with Gasteiger partial charge in [-0.05, 0) is 38.0 Å². The quantitative estimate of drug-likeness (QED) is 0.728. The van der Waals surface area contributed by atoms with Crippen molar-refractivity contribution < 1.29 is 9.47 Å². The normalized spacial score (nSPS) is 17.2. The predicted molar refractivity (Wildman–Crippen MR) is 94.4 cm³/mol. The Labute approximate surface area is 146 Å². The first kappa shape index (κ1) is 15.7. The highest BCUT2D eigenvalue weighted by molar-refractivity contribution is 5.53. The SMILES string of the molecule is COc1ccc(OC)c([C@H]2CCCN2c2cc(C)nc3ncnn23)c1. The lowest BCUT2D eigenvalue weighted by Gasteiger charge is -2.28. The summed E-state index contributed by atoms with van der Waals surface area (Å²) < 4.78 is 12.8. The van der Waals surface area contributed by atoms with E-state index < -0.39 is 0 Å². The monoisotopic (exact) mass is 339 g/mol. The standard InChI is InChI=1S/C18H21N5O2/c1-12-9-17(23-18(21-12)19-11-20-23)22-8-4-5-15(22)14-10-13(24-2)6-7-16(14)25-3/h6-7,9-11,15H,4-5,8H2,1-3H3/t15-/m1/s1. The Balaban J connectivity index is 1.82. The molecular formula is C18H21N5O2. The van der Waals surface area contributed by atoms with Crippen LogP contribution in [-0.4, -0.2) is 40.3 Å². The van der Waals surface area contributed by atoms with E-state index in [0.29, 0.717) is 5.78 Å². The first-order chi connectivity index (χ1) is 12.2. The summed E-state index contributed by atoms with van der Waals surface area (Å²) in [6, 6.07) is 8.21. The fourth-order valence-corrected chi connectivity index (χ4v) is 3.58. The van der Waals surface area contributed by atoms with Gasteiger partial charge in [0.2, 0.25) is 0 Å². The first-order valence-electron chi connectivity index (χ1n) is 8.37. The molecule has 1 saturated heterocycles.